The van der Waals surface area contributed by atoms with Crippen molar-refractivity contribution < 1.29 is 4.42 Å². The fourth-order valence-corrected chi connectivity index (χ4v) is 4.88. The van der Waals surface area contributed by atoms with E-state index in [0.717, 1.165) is 24.9 Å². The van der Waals surface area contributed by atoms with Crippen molar-refractivity contribution >= 4 is 11.6 Å². The van der Waals surface area contributed by atoms with E-state index in [9.17, 15) is 0 Å². The number of furan rings is 1. The molecule has 1 spiro atoms. The normalized spacial score (nSPS) is 17.6. The number of hydrogen-bond donors (Lipinski definition) is 2. The predicted molar refractivity (Wildman–Crippen MR) is 118 cm³/mol. The van der Waals surface area contributed by atoms with Crippen LogP contribution in [0.4, 0.5) is 5.69 Å². The van der Waals surface area contributed by atoms with E-state index in [4.69, 9.17) is 9.41 Å². The number of nitrogens with one attached hydrogen (secondary N) is 2. The zero-order chi connectivity index (χ0) is 20.4. The van der Waals surface area contributed by atoms with Crippen LogP contribution in [0.3, 0.4) is 0 Å². The quantitative estimate of drug-likeness (QED) is 0.498. The summed E-state index contributed by atoms with van der Waals surface area (Å²) in [7, 11) is 0. The lowest BCUT2D eigenvalue weighted by molar-refractivity contribution is 0.478. The first-order valence-corrected chi connectivity index (χ1v) is 10.9. The highest BCUT2D eigenvalue weighted by Gasteiger charge is 2.45. The van der Waals surface area contributed by atoms with Gasteiger partial charge in [-0.05, 0) is 43.5 Å². The van der Waals surface area contributed by atoms with Crippen molar-refractivity contribution in [3.05, 3.63) is 54.0 Å². The van der Waals surface area contributed by atoms with E-state index in [1.807, 2.05) is 12.1 Å². The van der Waals surface area contributed by atoms with Crippen LogP contribution in [0.25, 0.3) is 11.6 Å². The molecular weight excluding hydrogens is 376 g/mol. The molecule has 156 valence electrons. The van der Waals surface area contributed by atoms with Gasteiger partial charge in [-0.1, -0.05) is 31.0 Å². The molecule has 1 aliphatic carbocycles. The van der Waals surface area contributed by atoms with Crippen molar-refractivity contribution in [1.82, 2.24) is 20.5 Å². The van der Waals surface area contributed by atoms with Crippen molar-refractivity contribution in [3.63, 3.8) is 0 Å². The Hall–Kier alpha value is -3.09. The van der Waals surface area contributed by atoms with Gasteiger partial charge in [-0.3, -0.25) is 10.1 Å². The first-order chi connectivity index (χ1) is 14.8. The smallest absolute Gasteiger partial charge is 0.216 e. The number of para-hydroxylation sites is 1. The molecule has 1 fully saturated rings. The van der Waals surface area contributed by atoms with Crippen LogP contribution in [0.5, 0.6) is 0 Å². The van der Waals surface area contributed by atoms with Gasteiger partial charge in [0, 0.05) is 37.2 Å². The molecule has 1 aromatic carbocycles. The molecule has 1 aliphatic heterocycles. The van der Waals surface area contributed by atoms with Gasteiger partial charge in [-0.2, -0.15) is 5.10 Å². The first kappa shape index (κ1) is 18.9. The molecule has 0 bridgehead atoms. The molecule has 0 radical (unpaired) electrons. The summed E-state index contributed by atoms with van der Waals surface area (Å²) in [6, 6.07) is 12.6. The molecule has 7 nitrogen and oxygen atoms in total. The van der Waals surface area contributed by atoms with Gasteiger partial charge in [0.25, 0.3) is 0 Å². The molecule has 0 unspecified atom stereocenters. The minimum Gasteiger partial charge on any atom is -0.461 e. The third-order valence-electron chi connectivity index (χ3n) is 6.26. The van der Waals surface area contributed by atoms with Crippen LogP contribution in [0, 0.1) is 0 Å². The Bertz CT molecular complexity index is 1020. The highest BCUT2D eigenvalue weighted by Crippen LogP contribution is 2.50. The maximum Gasteiger partial charge on any atom is 0.216 e. The van der Waals surface area contributed by atoms with Crippen molar-refractivity contribution in [2.75, 3.05) is 24.5 Å². The van der Waals surface area contributed by atoms with Gasteiger partial charge in [0.1, 0.15) is 5.82 Å². The van der Waals surface area contributed by atoms with Crippen LogP contribution >= 0.6 is 0 Å². The molecular formula is C23H28N6O. The largest absolute Gasteiger partial charge is 0.461 e. The van der Waals surface area contributed by atoms with Gasteiger partial charge in [-0.25, -0.2) is 4.98 Å². The number of guanidine groups is 1. The summed E-state index contributed by atoms with van der Waals surface area (Å²) in [6.45, 7) is 4.62. The van der Waals surface area contributed by atoms with Gasteiger partial charge < -0.3 is 14.6 Å². The molecule has 0 saturated heterocycles. The van der Waals surface area contributed by atoms with Crippen molar-refractivity contribution in [3.8, 4) is 11.6 Å². The van der Waals surface area contributed by atoms with Crippen molar-refractivity contribution in [2.45, 2.75) is 44.4 Å². The molecule has 30 heavy (non-hydrogen) atoms. The van der Waals surface area contributed by atoms with Crippen LogP contribution in [0.1, 0.15) is 44.0 Å². The maximum atomic E-state index is 5.36. The second-order valence-corrected chi connectivity index (χ2v) is 8.16. The lowest BCUT2D eigenvalue weighted by atomic mass is 9.81. The SMILES string of the molecule is CCNC(=NCCc1nc(-c2ccco2)n[nH]1)N1CC2(CCCC2)c2ccccc21. The summed E-state index contributed by atoms with van der Waals surface area (Å²) in [5, 5.41) is 10.7. The number of aromatic amines is 1. The molecule has 3 heterocycles. The minimum atomic E-state index is 0.287. The number of anilines is 1. The molecule has 5 rings (SSSR count). The second-order valence-electron chi connectivity index (χ2n) is 8.16. The number of aliphatic imine (C=N–C) groups is 1. The topological polar surface area (TPSA) is 82.3 Å². The molecule has 2 N–H and O–H groups in total. The van der Waals surface area contributed by atoms with Crippen LogP contribution in [0.2, 0.25) is 0 Å². The van der Waals surface area contributed by atoms with Crippen LogP contribution in [-0.2, 0) is 11.8 Å². The fraction of sp³-hybridized carbons (Fsp3) is 0.435. The molecule has 0 atom stereocenters. The molecule has 2 aliphatic rings. The van der Waals surface area contributed by atoms with Crippen LogP contribution in [-0.4, -0.2) is 40.8 Å². The number of H-pyrrole nitrogens is 1. The minimum absolute atomic E-state index is 0.287. The lowest BCUT2D eigenvalue weighted by Gasteiger charge is -2.26. The molecule has 3 aromatic rings. The number of fused-ring (bicyclic) bond motifs is 2. The number of nitrogens with zero attached hydrogens (tertiary/aromatic N) is 4. The van der Waals surface area contributed by atoms with E-state index < -0.39 is 0 Å². The number of hydrogen-bond acceptors (Lipinski definition) is 4. The zero-order valence-corrected chi connectivity index (χ0v) is 17.4. The van der Waals surface area contributed by atoms with E-state index in [0.29, 0.717) is 24.6 Å². The Kier molecular flexibility index (Phi) is 5.02. The van der Waals surface area contributed by atoms with Crippen LogP contribution < -0.4 is 10.2 Å². The molecule has 7 heteroatoms. The Balaban J connectivity index is 1.34. The number of rotatable bonds is 5. The maximum absolute atomic E-state index is 5.36. The second kappa shape index (κ2) is 7.97. The van der Waals surface area contributed by atoms with Gasteiger partial charge >= 0.3 is 0 Å². The average Bonchev–Trinajstić information content (AvgIpc) is 3.56. The highest BCUT2D eigenvalue weighted by atomic mass is 16.3. The van der Waals surface area contributed by atoms with E-state index in [1.165, 1.54) is 36.9 Å². The van der Waals surface area contributed by atoms with E-state index >= 15 is 0 Å². The molecule has 1 saturated carbocycles. The first-order valence-electron chi connectivity index (χ1n) is 10.9. The monoisotopic (exact) mass is 404 g/mol. The molecule has 0 amide bonds. The van der Waals surface area contributed by atoms with E-state index in [-0.39, 0.29) is 5.41 Å². The number of benzene rings is 1. The molecule has 2 aromatic heterocycles. The number of aromatic nitrogens is 3. The summed E-state index contributed by atoms with van der Waals surface area (Å²) in [5.41, 5.74) is 3.08. The third kappa shape index (κ3) is 3.38. The Morgan fingerprint density at radius 1 is 1.23 bits per heavy atom. The summed E-state index contributed by atoms with van der Waals surface area (Å²) in [6.07, 6.45) is 7.51. The third-order valence-corrected chi connectivity index (χ3v) is 6.26. The summed E-state index contributed by atoms with van der Waals surface area (Å²) in [5.74, 6) is 3.03. The standard InChI is InChI=1S/C23H28N6O/c1-2-24-22(25-14-11-20-26-21(28-27-20)19-10-7-15-30-19)29-16-23(12-5-6-13-23)17-8-3-4-9-18(17)29/h3-4,7-10,15H,2,5-6,11-14,16H2,1H3,(H,24,25)(H,26,27,28). The van der Waals surface area contributed by atoms with Gasteiger partial charge in [0.15, 0.2) is 11.7 Å². The Morgan fingerprint density at radius 2 is 2.10 bits per heavy atom. The van der Waals surface area contributed by atoms with E-state index in [2.05, 4.69) is 56.6 Å². The van der Waals surface area contributed by atoms with Crippen molar-refractivity contribution in [2.24, 2.45) is 4.99 Å². The summed E-state index contributed by atoms with van der Waals surface area (Å²) < 4.78 is 5.36. The highest BCUT2D eigenvalue weighted by molar-refractivity contribution is 5.98. The van der Waals surface area contributed by atoms with Gasteiger partial charge in [0.2, 0.25) is 5.82 Å². The fourth-order valence-electron chi connectivity index (χ4n) is 4.88. The van der Waals surface area contributed by atoms with Gasteiger partial charge in [0.05, 0.1) is 6.26 Å². The Labute approximate surface area is 176 Å². The van der Waals surface area contributed by atoms with Crippen LogP contribution in [0.15, 0.2) is 52.1 Å². The van der Waals surface area contributed by atoms with Gasteiger partial charge in [-0.15, -0.1) is 0 Å². The summed E-state index contributed by atoms with van der Waals surface area (Å²) in [4.78, 5) is 11.8. The predicted octanol–water partition coefficient (Wildman–Crippen LogP) is 3.90. The summed E-state index contributed by atoms with van der Waals surface area (Å²) >= 11 is 0. The zero-order valence-electron chi connectivity index (χ0n) is 17.4. The van der Waals surface area contributed by atoms with Crippen molar-refractivity contribution in [1.29, 1.82) is 0 Å². The van der Waals surface area contributed by atoms with E-state index in [1.54, 1.807) is 6.26 Å². The Morgan fingerprint density at radius 3 is 2.90 bits per heavy atom. The lowest BCUT2D eigenvalue weighted by Crippen LogP contribution is -2.43. The average molecular weight is 405 g/mol.